The molecule has 0 radical (unpaired) electrons. The van der Waals surface area contributed by atoms with Crippen LogP contribution in [0.1, 0.15) is 30.3 Å². The number of hydrogen-bond donors (Lipinski definition) is 1. The molecule has 1 unspecified atom stereocenters. The topological polar surface area (TPSA) is 55.6 Å². The highest BCUT2D eigenvalue weighted by Gasteiger charge is 2.23. The van der Waals surface area contributed by atoms with Gasteiger partial charge in [-0.2, -0.15) is 4.68 Å². The number of nitrogens with zero attached hydrogens (tertiary/aromatic N) is 4. The van der Waals surface area contributed by atoms with Crippen LogP contribution in [0.25, 0.3) is 5.69 Å². The maximum Gasteiger partial charge on any atom is 0.173 e. The first-order valence-corrected chi connectivity index (χ1v) is 5.94. The Morgan fingerprint density at radius 1 is 1.35 bits per heavy atom. The molecule has 1 aromatic heterocycles. The van der Waals surface area contributed by atoms with Gasteiger partial charge in [-0.3, -0.25) is 0 Å². The maximum absolute atomic E-state index is 4.16. The Labute approximate surface area is 99.8 Å². The van der Waals surface area contributed by atoms with Crippen LogP contribution in [0.2, 0.25) is 0 Å². The molecule has 0 amide bonds. The molecule has 5 nitrogen and oxygen atoms in total. The van der Waals surface area contributed by atoms with Gasteiger partial charge in [-0.15, -0.1) is 5.10 Å². The normalized spacial score (nSPS) is 19.7. The standard InChI is InChI=1S/C12H15N5/c1-9-5-2-3-7-11(9)17-12(14-15-16-17)10-6-4-8-13-10/h2-3,5,7,10,13H,4,6,8H2,1H3. The van der Waals surface area contributed by atoms with Gasteiger partial charge in [0.1, 0.15) is 0 Å². The van der Waals surface area contributed by atoms with Crippen LogP contribution in [0, 0.1) is 6.92 Å². The number of aryl methyl sites for hydroxylation is 1. The third-order valence-electron chi connectivity index (χ3n) is 3.21. The molecule has 0 saturated carbocycles. The van der Waals surface area contributed by atoms with Crippen LogP contribution in [-0.4, -0.2) is 26.8 Å². The molecule has 1 aliphatic heterocycles. The van der Waals surface area contributed by atoms with E-state index in [9.17, 15) is 0 Å². The number of hydrogen-bond acceptors (Lipinski definition) is 4. The monoisotopic (exact) mass is 229 g/mol. The van der Waals surface area contributed by atoms with Gasteiger partial charge in [0.25, 0.3) is 0 Å². The fraction of sp³-hybridized carbons (Fsp3) is 0.417. The minimum Gasteiger partial charge on any atom is -0.307 e. The number of aromatic nitrogens is 4. The van der Waals surface area contributed by atoms with E-state index in [2.05, 4.69) is 33.8 Å². The van der Waals surface area contributed by atoms with Crippen LogP contribution < -0.4 is 5.32 Å². The van der Waals surface area contributed by atoms with Crippen LogP contribution in [0.5, 0.6) is 0 Å². The van der Waals surface area contributed by atoms with Crippen molar-refractivity contribution in [3.8, 4) is 5.69 Å². The molecule has 0 spiro atoms. The first kappa shape index (κ1) is 10.4. The van der Waals surface area contributed by atoms with Crippen LogP contribution in [0.15, 0.2) is 24.3 Å². The molecular formula is C12H15N5. The van der Waals surface area contributed by atoms with Gasteiger partial charge in [0.2, 0.25) is 0 Å². The van der Waals surface area contributed by atoms with E-state index >= 15 is 0 Å². The van der Waals surface area contributed by atoms with Gasteiger partial charge >= 0.3 is 0 Å². The van der Waals surface area contributed by atoms with E-state index in [1.807, 2.05) is 22.9 Å². The van der Waals surface area contributed by atoms with E-state index < -0.39 is 0 Å². The van der Waals surface area contributed by atoms with Gasteiger partial charge < -0.3 is 5.32 Å². The van der Waals surface area contributed by atoms with Crippen molar-refractivity contribution in [3.05, 3.63) is 35.7 Å². The Morgan fingerprint density at radius 2 is 2.24 bits per heavy atom. The summed E-state index contributed by atoms with van der Waals surface area (Å²) in [5.41, 5.74) is 2.24. The number of rotatable bonds is 2. The lowest BCUT2D eigenvalue weighted by Gasteiger charge is -2.11. The van der Waals surface area contributed by atoms with Gasteiger partial charge in [-0.05, 0) is 48.4 Å². The summed E-state index contributed by atoms with van der Waals surface area (Å²) in [5, 5.41) is 15.5. The summed E-state index contributed by atoms with van der Waals surface area (Å²) in [6.45, 7) is 3.12. The molecular weight excluding hydrogens is 214 g/mol. The summed E-state index contributed by atoms with van der Waals surface area (Å²) < 4.78 is 1.85. The summed E-state index contributed by atoms with van der Waals surface area (Å²) in [4.78, 5) is 0. The summed E-state index contributed by atoms with van der Waals surface area (Å²) in [5.74, 6) is 0.914. The minimum absolute atomic E-state index is 0.282. The molecule has 17 heavy (non-hydrogen) atoms. The van der Waals surface area contributed by atoms with Gasteiger partial charge in [0.05, 0.1) is 11.7 Å². The predicted molar refractivity (Wildman–Crippen MR) is 63.9 cm³/mol. The molecule has 1 aromatic carbocycles. The van der Waals surface area contributed by atoms with E-state index in [0.29, 0.717) is 0 Å². The third kappa shape index (κ3) is 1.82. The molecule has 0 bridgehead atoms. The Kier molecular flexibility index (Phi) is 2.60. The molecule has 5 heteroatoms. The zero-order valence-corrected chi connectivity index (χ0v) is 9.80. The van der Waals surface area contributed by atoms with Crippen molar-refractivity contribution in [1.82, 2.24) is 25.5 Å². The molecule has 3 rings (SSSR count). The lowest BCUT2D eigenvalue weighted by Crippen LogP contribution is -2.18. The van der Waals surface area contributed by atoms with E-state index in [-0.39, 0.29) is 6.04 Å². The van der Waals surface area contributed by atoms with Gasteiger partial charge in [-0.25, -0.2) is 0 Å². The number of para-hydroxylation sites is 1. The van der Waals surface area contributed by atoms with Gasteiger partial charge in [0.15, 0.2) is 5.82 Å². The lowest BCUT2D eigenvalue weighted by molar-refractivity contribution is 0.582. The van der Waals surface area contributed by atoms with E-state index in [1.54, 1.807) is 0 Å². The van der Waals surface area contributed by atoms with Gasteiger partial charge in [-0.1, -0.05) is 18.2 Å². The van der Waals surface area contributed by atoms with E-state index in [4.69, 9.17) is 0 Å². The Morgan fingerprint density at radius 3 is 3.00 bits per heavy atom. The van der Waals surface area contributed by atoms with Crippen molar-refractivity contribution in [3.63, 3.8) is 0 Å². The quantitative estimate of drug-likeness (QED) is 0.845. The van der Waals surface area contributed by atoms with Gasteiger partial charge in [0, 0.05) is 0 Å². The number of nitrogens with one attached hydrogen (secondary N) is 1. The smallest absolute Gasteiger partial charge is 0.173 e. The third-order valence-corrected chi connectivity index (χ3v) is 3.21. The zero-order chi connectivity index (χ0) is 11.7. The number of benzene rings is 1. The average molecular weight is 229 g/mol. The van der Waals surface area contributed by atoms with Crippen LogP contribution in [0.3, 0.4) is 0 Å². The second kappa shape index (κ2) is 4.25. The van der Waals surface area contributed by atoms with Crippen LogP contribution in [0.4, 0.5) is 0 Å². The second-order valence-electron chi connectivity index (χ2n) is 4.38. The van der Waals surface area contributed by atoms with Crippen molar-refractivity contribution in [2.45, 2.75) is 25.8 Å². The SMILES string of the molecule is Cc1ccccc1-n1nnnc1C1CCCN1. The molecule has 1 N–H and O–H groups in total. The molecule has 2 aromatic rings. The van der Waals surface area contributed by atoms with Crippen LogP contribution >= 0.6 is 0 Å². The van der Waals surface area contributed by atoms with E-state index in [1.165, 1.54) is 12.0 Å². The predicted octanol–water partition coefficient (Wildman–Crippen LogP) is 1.40. The summed E-state index contributed by atoms with van der Waals surface area (Å²) in [6.07, 6.45) is 2.29. The van der Waals surface area contributed by atoms with Crippen molar-refractivity contribution in [2.24, 2.45) is 0 Å². The maximum atomic E-state index is 4.16. The molecule has 1 saturated heterocycles. The first-order chi connectivity index (χ1) is 8.36. The van der Waals surface area contributed by atoms with Crippen molar-refractivity contribution >= 4 is 0 Å². The average Bonchev–Trinajstić information content (AvgIpc) is 3.00. The zero-order valence-electron chi connectivity index (χ0n) is 9.80. The second-order valence-corrected chi connectivity index (χ2v) is 4.38. The fourth-order valence-corrected chi connectivity index (χ4v) is 2.29. The fourth-order valence-electron chi connectivity index (χ4n) is 2.29. The minimum atomic E-state index is 0.282. The van der Waals surface area contributed by atoms with Crippen LogP contribution in [-0.2, 0) is 0 Å². The summed E-state index contributed by atoms with van der Waals surface area (Å²) in [6, 6.07) is 8.43. The van der Waals surface area contributed by atoms with E-state index in [0.717, 1.165) is 24.5 Å². The molecule has 2 heterocycles. The molecule has 88 valence electrons. The summed E-state index contributed by atoms with van der Waals surface area (Å²) >= 11 is 0. The number of tetrazole rings is 1. The van der Waals surface area contributed by atoms with Crippen molar-refractivity contribution < 1.29 is 0 Å². The highest BCUT2D eigenvalue weighted by molar-refractivity contribution is 5.39. The Balaban J connectivity index is 2.04. The summed E-state index contributed by atoms with van der Waals surface area (Å²) in [7, 11) is 0. The molecule has 1 aliphatic rings. The van der Waals surface area contributed by atoms with Crippen molar-refractivity contribution in [2.75, 3.05) is 6.54 Å². The molecule has 0 aliphatic carbocycles. The van der Waals surface area contributed by atoms with Crippen molar-refractivity contribution in [1.29, 1.82) is 0 Å². The Hall–Kier alpha value is -1.75. The molecule has 1 fully saturated rings. The largest absolute Gasteiger partial charge is 0.307 e. The first-order valence-electron chi connectivity index (χ1n) is 5.94. The Bertz CT molecular complexity index is 513. The highest BCUT2D eigenvalue weighted by atomic mass is 15.5. The lowest BCUT2D eigenvalue weighted by atomic mass is 10.2. The molecule has 1 atom stereocenters. The highest BCUT2D eigenvalue weighted by Crippen LogP contribution is 2.23.